The lowest BCUT2D eigenvalue weighted by molar-refractivity contribution is -0.119. The van der Waals surface area contributed by atoms with Gasteiger partial charge in [-0.2, -0.15) is 0 Å². The summed E-state index contributed by atoms with van der Waals surface area (Å²) >= 11 is 0. The first-order valence-electron chi connectivity index (χ1n) is 11.1. The van der Waals surface area contributed by atoms with Crippen molar-refractivity contribution in [2.24, 2.45) is 5.92 Å². The van der Waals surface area contributed by atoms with Crippen molar-refractivity contribution in [3.05, 3.63) is 71.0 Å². The number of hydrogen-bond donors (Lipinski definition) is 1. The van der Waals surface area contributed by atoms with Crippen molar-refractivity contribution in [3.63, 3.8) is 0 Å². The number of anilines is 2. The Bertz CT molecular complexity index is 971. The normalized spacial score (nSPS) is 16.4. The SMILES string of the molecule is CCc1ccc(N2C(=O)C(O)=C(C(=O)C(C)C)C2c2ccc(N(CC)CC)cc2)cc1. The Kier molecular flexibility index (Phi) is 6.84. The number of amides is 1. The first-order chi connectivity index (χ1) is 14.8. The van der Waals surface area contributed by atoms with E-state index in [0.717, 1.165) is 36.3 Å². The minimum absolute atomic E-state index is 0.176. The molecule has 0 aliphatic carbocycles. The molecule has 5 nitrogen and oxygen atoms in total. The number of aliphatic hydroxyl groups excluding tert-OH is 1. The van der Waals surface area contributed by atoms with Crippen LogP contribution in [0.3, 0.4) is 0 Å². The molecule has 1 aliphatic heterocycles. The zero-order chi connectivity index (χ0) is 22.7. The van der Waals surface area contributed by atoms with Gasteiger partial charge in [0, 0.05) is 30.4 Å². The molecule has 31 heavy (non-hydrogen) atoms. The molecule has 1 N–H and O–H groups in total. The van der Waals surface area contributed by atoms with Gasteiger partial charge in [0.25, 0.3) is 5.91 Å². The molecule has 0 radical (unpaired) electrons. The maximum atomic E-state index is 13.1. The number of rotatable bonds is 8. The van der Waals surface area contributed by atoms with Gasteiger partial charge in [-0.05, 0) is 55.7 Å². The molecule has 0 aromatic heterocycles. The summed E-state index contributed by atoms with van der Waals surface area (Å²) in [5, 5.41) is 10.7. The van der Waals surface area contributed by atoms with Crippen molar-refractivity contribution >= 4 is 23.1 Å². The van der Waals surface area contributed by atoms with Crippen molar-refractivity contribution in [2.75, 3.05) is 22.9 Å². The topological polar surface area (TPSA) is 60.9 Å². The molecule has 0 fully saturated rings. The van der Waals surface area contributed by atoms with Gasteiger partial charge in [0.2, 0.25) is 0 Å². The summed E-state index contributed by atoms with van der Waals surface area (Å²) in [6.07, 6.45) is 0.894. The van der Waals surface area contributed by atoms with Crippen LogP contribution in [-0.2, 0) is 16.0 Å². The van der Waals surface area contributed by atoms with Crippen LogP contribution in [0.1, 0.15) is 51.8 Å². The number of aliphatic hydroxyl groups is 1. The first-order valence-corrected chi connectivity index (χ1v) is 11.1. The van der Waals surface area contributed by atoms with Gasteiger partial charge in [0.15, 0.2) is 11.5 Å². The van der Waals surface area contributed by atoms with Crippen LogP contribution < -0.4 is 9.80 Å². The summed E-state index contributed by atoms with van der Waals surface area (Å²) in [5.74, 6) is -1.52. The van der Waals surface area contributed by atoms with Crippen LogP contribution in [0.15, 0.2) is 59.9 Å². The van der Waals surface area contributed by atoms with E-state index < -0.39 is 17.7 Å². The Morgan fingerprint density at radius 2 is 1.58 bits per heavy atom. The van der Waals surface area contributed by atoms with E-state index in [9.17, 15) is 14.7 Å². The third kappa shape index (κ3) is 4.22. The van der Waals surface area contributed by atoms with Crippen molar-refractivity contribution < 1.29 is 14.7 Å². The maximum absolute atomic E-state index is 13.1. The van der Waals surface area contributed by atoms with Gasteiger partial charge in [0.05, 0.1) is 11.6 Å². The third-order valence-corrected chi connectivity index (χ3v) is 5.96. The summed E-state index contributed by atoms with van der Waals surface area (Å²) in [6.45, 7) is 11.6. The molecule has 0 spiro atoms. The molecule has 1 heterocycles. The molecule has 2 aromatic rings. The molecule has 1 amide bonds. The van der Waals surface area contributed by atoms with E-state index in [0.29, 0.717) is 5.69 Å². The maximum Gasteiger partial charge on any atom is 0.294 e. The lowest BCUT2D eigenvalue weighted by Crippen LogP contribution is -2.31. The highest BCUT2D eigenvalue weighted by atomic mass is 16.3. The van der Waals surface area contributed by atoms with E-state index in [2.05, 4.69) is 25.7 Å². The molecule has 3 rings (SSSR count). The minimum Gasteiger partial charge on any atom is -0.503 e. The van der Waals surface area contributed by atoms with Gasteiger partial charge < -0.3 is 10.0 Å². The number of aryl methyl sites for hydroxylation is 1. The van der Waals surface area contributed by atoms with Gasteiger partial charge in [-0.3, -0.25) is 14.5 Å². The monoisotopic (exact) mass is 420 g/mol. The summed E-state index contributed by atoms with van der Waals surface area (Å²) in [5.41, 5.74) is 3.89. The smallest absolute Gasteiger partial charge is 0.294 e. The van der Waals surface area contributed by atoms with Crippen LogP contribution in [0.5, 0.6) is 0 Å². The molecule has 0 bridgehead atoms. The largest absolute Gasteiger partial charge is 0.503 e. The van der Waals surface area contributed by atoms with E-state index in [1.54, 1.807) is 13.8 Å². The Morgan fingerprint density at radius 1 is 1.00 bits per heavy atom. The number of nitrogens with zero attached hydrogens (tertiary/aromatic N) is 2. The summed E-state index contributed by atoms with van der Waals surface area (Å²) in [7, 11) is 0. The first kappa shape index (κ1) is 22.6. The number of carbonyl (C=O) groups excluding carboxylic acids is 2. The second-order valence-electron chi connectivity index (χ2n) is 8.14. The Hall–Kier alpha value is -3.08. The molecule has 1 aliphatic rings. The average molecular weight is 421 g/mol. The minimum atomic E-state index is -0.652. The fourth-order valence-electron chi connectivity index (χ4n) is 4.10. The van der Waals surface area contributed by atoms with E-state index >= 15 is 0 Å². The highest BCUT2D eigenvalue weighted by molar-refractivity contribution is 6.16. The Balaban J connectivity index is 2.10. The van der Waals surface area contributed by atoms with Crippen LogP contribution in [0.4, 0.5) is 11.4 Å². The van der Waals surface area contributed by atoms with Gasteiger partial charge in [-0.15, -0.1) is 0 Å². The predicted molar refractivity (Wildman–Crippen MR) is 126 cm³/mol. The molecule has 2 aromatic carbocycles. The quantitative estimate of drug-likeness (QED) is 0.636. The van der Waals surface area contributed by atoms with Crippen molar-refractivity contribution in [1.29, 1.82) is 0 Å². The van der Waals surface area contributed by atoms with Gasteiger partial charge in [-0.25, -0.2) is 0 Å². The number of hydrogen-bond acceptors (Lipinski definition) is 4. The fourth-order valence-corrected chi connectivity index (χ4v) is 4.10. The lowest BCUT2D eigenvalue weighted by Gasteiger charge is -2.28. The molecule has 164 valence electrons. The molecular weight excluding hydrogens is 388 g/mol. The molecule has 1 atom stereocenters. The molecular formula is C26H32N2O3. The predicted octanol–water partition coefficient (Wildman–Crippen LogP) is 5.22. The highest BCUT2D eigenvalue weighted by Gasteiger charge is 2.44. The fraction of sp³-hybridized carbons (Fsp3) is 0.385. The van der Waals surface area contributed by atoms with Gasteiger partial charge in [0.1, 0.15) is 0 Å². The second-order valence-corrected chi connectivity index (χ2v) is 8.14. The number of ketones is 1. The van der Waals surface area contributed by atoms with Gasteiger partial charge in [-0.1, -0.05) is 45.0 Å². The summed E-state index contributed by atoms with van der Waals surface area (Å²) in [6, 6.07) is 15.0. The highest BCUT2D eigenvalue weighted by Crippen LogP contribution is 2.42. The van der Waals surface area contributed by atoms with Crippen LogP contribution in [0.2, 0.25) is 0 Å². The van der Waals surface area contributed by atoms with Gasteiger partial charge >= 0.3 is 0 Å². The number of Topliss-reactive ketones (excluding diaryl/α,β-unsaturated/α-hetero) is 1. The van der Waals surface area contributed by atoms with E-state index in [1.807, 2.05) is 48.5 Å². The zero-order valence-corrected chi connectivity index (χ0v) is 19.1. The molecule has 0 saturated heterocycles. The lowest BCUT2D eigenvalue weighted by atomic mass is 9.91. The third-order valence-electron chi connectivity index (χ3n) is 5.96. The number of carbonyl (C=O) groups is 2. The Labute approximate surface area is 185 Å². The van der Waals surface area contributed by atoms with Crippen LogP contribution >= 0.6 is 0 Å². The van der Waals surface area contributed by atoms with Crippen LogP contribution in [0.25, 0.3) is 0 Å². The molecule has 1 unspecified atom stereocenters. The van der Waals surface area contributed by atoms with E-state index in [1.165, 1.54) is 4.90 Å². The number of benzene rings is 2. The standard InChI is InChI=1S/C26H32N2O3/c1-6-18-9-13-21(14-10-18)28-23(22(24(29)17(4)5)25(30)26(28)31)19-11-15-20(16-12-19)27(7-2)8-3/h9-17,23,30H,6-8H2,1-5H3. The van der Waals surface area contributed by atoms with Crippen molar-refractivity contribution in [2.45, 2.75) is 47.1 Å². The molecule has 0 saturated carbocycles. The van der Waals surface area contributed by atoms with Crippen molar-refractivity contribution in [3.8, 4) is 0 Å². The average Bonchev–Trinajstić information content (AvgIpc) is 3.05. The summed E-state index contributed by atoms with van der Waals surface area (Å²) < 4.78 is 0. The Morgan fingerprint density at radius 3 is 2.06 bits per heavy atom. The molecule has 5 heteroatoms. The second kappa shape index (κ2) is 9.38. The van der Waals surface area contributed by atoms with Crippen molar-refractivity contribution in [1.82, 2.24) is 0 Å². The zero-order valence-electron chi connectivity index (χ0n) is 19.1. The van der Waals surface area contributed by atoms with Crippen LogP contribution in [0, 0.1) is 5.92 Å². The van der Waals surface area contributed by atoms with Crippen LogP contribution in [-0.4, -0.2) is 29.9 Å². The van der Waals surface area contributed by atoms with E-state index in [-0.39, 0.29) is 17.3 Å². The summed E-state index contributed by atoms with van der Waals surface area (Å²) in [4.78, 5) is 29.9. The van der Waals surface area contributed by atoms with E-state index in [4.69, 9.17) is 0 Å².